The van der Waals surface area contributed by atoms with Gasteiger partial charge in [-0.15, -0.1) is 0 Å². The summed E-state index contributed by atoms with van der Waals surface area (Å²) in [6.45, 7) is 2.88. The number of carbonyl (C=O) groups excluding carboxylic acids is 1. The van der Waals surface area contributed by atoms with E-state index in [2.05, 4.69) is 10.3 Å². The topological polar surface area (TPSA) is 50.7 Å². The zero-order valence-corrected chi connectivity index (χ0v) is 9.58. The molecule has 4 heteroatoms. The lowest BCUT2D eigenvalue weighted by Gasteiger charge is -2.22. The Morgan fingerprint density at radius 2 is 2.40 bits per heavy atom. The molecule has 1 fully saturated rings. The van der Waals surface area contributed by atoms with Crippen molar-refractivity contribution in [1.82, 2.24) is 5.32 Å². The minimum atomic E-state index is -0.105. The number of hydrogen-bond acceptors (Lipinski definition) is 4. The second-order valence-corrected chi connectivity index (χ2v) is 3.71. The predicted octanol–water partition coefficient (Wildman–Crippen LogP) is 1.36. The molecule has 4 nitrogen and oxygen atoms in total. The average Bonchev–Trinajstić information content (AvgIpc) is 2.27. The monoisotopic (exact) mass is 212 g/mol. The Kier molecular flexibility index (Phi) is 5.32. The van der Waals surface area contributed by atoms with Gasteiger partial charge >= 0.3 is 5.97 Å². The van der Waals surface area contributed by atoms with Crippen molar-refractivity contribution in [3.8, 4) is 0 Å². The van der Waals surface area contributed by atoms with E-state index in [0.29, 0.717) is 13.3 Å². The lowest BCUT2D eigenvalue weighted by molar-refractivity contribution is -0.146. The summed E-state index contributed by atoms with van der Waals surface area (Å²) in [5.74, 6) is -0.195. The van der Waals surface area contributed by atoms with Crippen LogP contribution in [0.3, 0.4) is 0 Å². The van der Waals surface area contributed by atoms with E-state index >= 15 is 0 Å². The van der Waals surface area contributed by atoms with Crippen LogP contribution in [0, 0.1) is 5.92 Å². The van der Waals surface area contributed by atoms with Crippen molar-refractivity contribution in [2.45, 2.75) is 32.6 Å². The molecule has 1 atom stereocenters. The molecule has 1 rings (SSSR count). The van der Waals surface area contributed by atoms with Gasteiger partial charge in [0.1, 0.15) is 0 Å². The maximum Gasteiger partial charge on any atom is 0.314 e. The fourth-order valence-corrected chi connectivity index (χ4v) is 1.86. The molecule has 1 aliphatic rings. The summed E-state index contributed by atoms with van der Waals surface area (Å²) in [6, 6.07) is 0. The fourth-order valence-electron chi connectivity index (χ4n) is 1.86. The van der Waals surface area contributed by atoms with Crippen molar-refractivity contribution < 1.29 is 9.53 Å². The van der Waals surface area contributed by atoms with Crippen molar-refractivity contribution in [1.29, 1.82) is 0 Å². The molecule has 0 saturated heterocycles. The Morgan fingerprint density at radius 1 is 1.60 bits per heavy atom. The Hall–Kier alpha value is -0.900. The summed E-state index contributed by atoms with van der Waals surface area (Å²) < 4.78 is 5.05. The van der Waals surface area contributed by atoms with Crippen LogP contribution in [-0.2, 0) is 9.53 Å². The van der Waals surface area contributed by atoms with Crippen LogP contribution in [0.2, 0.25) is 0 Å². The van der Waals surface area contributed by atoms with Gasteiger partial charge in [0.2, 0.25) is 0 Å². The van der Waals surface area contributed by atoms with Crippen LogP contribution in [0.15, 0.2) is 4.99 Å². The minimum Gasteiger partial charge on any atom is -0.465 e. The smallest absolute Gasteiger partial charge is 0.314 e. The molecule has 0 bridgehead atoms. The van der Waals surface area contributed by atoms with Crippen LogP contribution in [0.25, 0.3) is 0 Å². The summed E-state index contributed by atoms with van der Waals surface area (Å²) in [5.41, 5.74) is 1.01. The van der Waals surface area contributed by atoms with Crippen molar-refractivity contribution in [2.24, 2.45) is 10.9 Å². The molecule has 1 aliphatic carbocycles. The molecule has 0 aromatic rings. The van der Waals surface area contributed by atoms with E-state index in [4.69, 9.17) is 4.74 Å². The first-order valence-corrected chi connectivity index (χ1v) is 5.64. The van der Waals surface area contributed by atoms with Crippen molar-refractivity contribution in [2.75, 3.05) is 20.3 Å². The molecule has 1 N–H and O–H groups in total. The third kappa shape index (κ3) is 3.63. The van der Waals surface area contributed by atoms with E-state index in [9.17, 15) is 4.79 Å². The summed E-state index contributed by atoms with van der Waals surface area (Å²) in [6.07, 6.45) is 4.06. The summed E-state index contributed by atoms with van der Waals surface area (Å²) >= 11 is 0. The molecule has 0 heterocycles. The molecular formula is C11H20N2O2. The van der Waals surface area contributed by atoms with Gasteiger partial charge in [0.05, 0.1) is 19.2 Å². The first-order valence-electron chi connectivity index (χ1n) is 5.64. The summed E-state index contributed by atoms with van der Waals surface area (Å²) in [7, 11) is 1.85. The van der Waals surface area contributed by atoms with Crippen molar-refractivity contribution >= 4 is 11.7 Å². The second kappa shape index (κ2) is 6.56. The van der Waals surface area contributed by atoms with E-state index < -0.39 is 0 Å². The zero-order valence-electron chi connectivity index (χ0n) is 9.58. The normalized spacial score (nSPS) is 24.1. The van der Waals surface area contributed by atoms with Gasteiger partial charge in [0.15, 0.2) is 0 Å². The second-order valence-electron chi connectivity index (χ2n) is 3.71. The fraction of sp³-hybridized carbons (Fsp3) is 0.818. The van der Waals surface area contributed by atoms with Crippen molar-refractivity contribution in [3.05, 3.63) is 0 Å². The molecule has 0 aromatic carbocycles. The molecular weight excluding hydrogens is 192 g/mol. The number of nitrogens with zero attached hydrogens (tertiary/aromatic N) is 1. The first kappa shape index (κ1) is 12.2. The van der Waals surface area contributed by atoms with Gasteiger partial charge in [0.25, 0.3) is 0 Å². The molecule has 0 radical (unpaired) electrons. The van der Waals surface area contributed by atoms with Crippen LogP contribution in [0.5, 0.6) is 0 Å². The van der Waals surface area contributed by atoms with E-state index in [1.807, 2.05) is 14.0 Å². The standard InChI is InChI=1S/C11H20N2O2/c1-3-15-11(14)9-6-4-5-7-10(9)13-8-12-2/h9,12H,3-8H2,1-2H3. The van der Waals surface area contributed by atoms with E-state index in [1.54, 1.807) is 0 Å². The van der Waals surface area contributed by atoms with Crippen molar-refractivity contribution in [3.63, 3.8) is 0 Å². The number of hydrogen-bond donors (Lipinski definition) is 1. The lowest BCUT2D eigenvalue weighted by atomic mass is 9.87. The number of rotatable bonds is 4. The molecule has 15 heavy (non-hydrogen) atoms. The molecule has 0 aromatic heterocycles. The average molecular weight is 212 g/mol. The predicted molar refractivity (Wildman–Crippen MR) is 60.0 cm³/mol. The maximum absolute atomic E-state index is 11.6. The molecule has 0 amide bonds. The lowest BCUT2D eigenvalue weighted by Crippen LogP contribution is -2.30. The quantitative estimate of drug-likeness (QED) is 0.716. The summed E-state index contributed by atoms with van der Waals surface area (Å²) in [4.78, 5) is 16.0. The van der Waals surface area contributed by atoms with E-state index in [0.717, 1.165) is 31.4 Å². The third-order valence-electron chi connectivity index (χ3n) is 2.59. The highest BCUT2D eigenvalue weighted by atomic mass is 16.5. The molecule has 86 valence electrons. The highest BCUT2D eigenvalue weighted by Gasteiger charge is 2.27. The number of ether oxygens (including phenoxy) is 1. The zero-order chi connectivity index (χ0) is 11.1. The van der Waals surface area contributed by atoms with E-state index in [1.165, 1.54) is 0 Å². The molecule has 0 spiro atoms. The number of esters is 1. The SMILES string of the molecule is CCOC(=O)C1CCCCC1=NCNC. The highest BCUT2D eigenvalue weighted by Crippen LogP contribution is 2.23. The van der Waals surface area contributed by atoms with Gasteiger partial charge in [-0.25, -0.2) is 0 Å². The van der Waals surface area contributed by atoms with Gasteiger partial charge < -0.3 is 10.1 Å². The van der Waals surface area contributed by atoms with Gasteiger partial charge in [-0.3, -0.25) is 9.79 Å². The Labute approximate surface area is 91.1 Å². The van der Waals surface area contributed by atoms with Crippen LogP contribution in [0.1, 0.15) is 32.6 Å². The third-order valence-corrected chi connectivity index (χ3v) is 2.59. The van der Waals surface area contributed by atoms with Crippen LogP contribution >= 0.6 is 0 Å². The maximum atomic E-state index is 11.6. The summed E-state index contributed by atoms with van der Waals surface area (Å²) in [5, 5.41) is 2.97. The largest absolute Gasteiger partial charge is 0.465 e. The highest BCUT2D eigenvalue weighted by molar-refractivity contribution is 6.02. The van der Waals surface area contributed by atoms with Gasteiger partial charge in [-0.05, 0) is 33.2 Å². The Bertz CT molecular complexity index is 239. The Balaban J connectivity index is 2.60. The van der Waals surface area contributed by atoms with Gasteiger partial charge in [-0.1, -0.05) is 6.42 Å². The molecule has 1 unspecified atom stereocenters. The molecule has 0 aliphatic heterocycles. The minimum absolute atomic E-state index is 0.0907. The van der Waals surface area contributed by atoms with E-state index in [-0.39, 0.29) is 11.9 Å². The Morgan fingerprint density at radius 3 is 3.07 bits per heavy atom. The van der Waals surface area contributed by atoms with Crippen LogP contribution in [0.4, 0.5) is 0 Å². The van der Waals surface area contributed by atoms with Gasteiger partial charge in [0, 0.05) is 5.71 Å². The molecule has 1 saturated carbocycles. The number of carbonyl (C=O) groups is 1. The van der Waals surface area contributed by atoms with Crippen LogP contribution < -0.4 is 5.32 Å². The first-order chi connectivity index (χ1) is 7.29. The number of aliphatic imine (C=N–C) groups is 1. The number of nitrogens with one attached hydrogen (secondary N) is 1. The van der Waals surface area contributed by atoms with Gasteiger partial charge in [-0.2, -0.15) is 0 Å². The van der Waals surface area contributed by atoms with Crippen LogP contribution in [-0.4, -0.2) is 32.0 Å².